The molecule has 1 atom stereocenters. The summed E-state index contributed by atoms with van der Waals surface area (Å²) in [5.41, 5.74) is 0.927. The van der Waals surface area contributed by atoms with E-state index in [9.17, 15) is 13.2 Å². The first-order valence-electron chi connectivity index (χ1n) is 8.62. The highest BCUT2D eigenvalue weighted by Crippen LogP contribution is 2.38. The lowest BCUT2D eigenvalue weighted by atomic mass is 10.1. The number of amides is 1. The highest BCUT2D eigenvalue weighted by atomic mass is 32.2. The molecule has 1 saturated carbocycles. The van der Waals surface area contributed by atoms with Crippen molar-refractivity contribution in [1.82, 2.24) is 15.5 Å². The van der Waals surface area contributed by atoms with Crippen LogP contribution >= 0.6 is 0 Å². The number of carbonyl (C=O) groups is 1. The van der Waals surface area contributed by atoms with Gasteiger partial charge in [0.15, 0.2) is 15.7 Å². The number of benzene rings is 1. The van der Waals surface area contributed by atoms with Crippen LogP contribution in [0.15, 0.2) is 34.9 Å². The minimum Gasteiger partial charge on any atom is -0.341 e. The maximum atomic E-state index is 12.5. The summed E-state index contributed by atoms with van der Waals surface area (Å²) in [5.74, 6) is 1.25. The zero-order valence-corrected chi connectivity index (χ0v) is 15.1. The van der Waals surface area contributed by atoms with E-state index >= 15 is 0 Å². The van der Waals surface area contributed by atoms with E-state index in [1.807, 2.05) is 0 Å². The number of nitrogens with one attached hydrogen (secondary N) is 1. The second-order valence-electron chi connectivity index (χ2n) is 6.72. The Morgan fingerprint density at radius 2 is 2.15 bits per heavy atom. The molecule has 1 aliphatic heterocycles. The quantitative estimate of drug-likeness (QED) is 0.864. The normalized spacial score (nSPS) is 19.8. The lowest BCUT2D eigenvalue weighted by Gasteiger charge is -2.11. The number of nitrogens with zero attached hydrogens (tertiary/aromatic N) is 2. The third-order valence-corrected chi connectivity index (χ3v) is 6.42. The third-order valence-electron chi connectivity index (χ3n) is 4.58. The van der Waals surface area contributed by atoms with E-state index in [-0.39, 0.29) is 11.7 Å². The van der Waals surface area contributed by atoms with E-state index in [1.165, 1.54) is 0 Å². The van der Waals surface area contributed by atoms with Gasteiger partial charge < -0.3 is 9.84 Å². The second-order valence-corrected chi connectivity index (χ2v) is 8.79. The summed E-state index contributed by atoms with van der Waals surface area (Å²) in [6, 6.07) is 6.20. The molecule has 1 fully saturated rings. The van der Waals surface area contributed by atoms with Gasteiger partial charge in [0.1, 0.15) is 6.04 Å². The fourth-order valence-corrected chi connectivity index (χ4v) is 4.47. The number of aromatic nitrogens is 2. The summed E-state index contributed by atoms with van der Waals surface area (Å²) in [4.78, 5) is 17.2. The van der Waals surface area contributed by atoms with Crippen LogP contribution in [0.3, 0.4) is 0 Å². The van der Waals surface area contributed by atoms with Crippen LogP contribution < -0.4 is 5.32 Å². The Hall–Kier alpha value is -2.48. The zero-order valence-electron chi connectivity index (χ0n) is 14.3. The second kappa shape index (κ2) is 6.35. The van der Waals surface area contributed by atoms with E-state index in [1.54, 1.807) is 37.3 Å². The van der Waals surface area contributed by atoms with Crippen LogP contribution in [0.4, 0.5) is 0 Å². The van der Waals surface area contributed by atoms with Gasteiger partial charge in [-0.05, 0) is 43.9 Å². The van der Waals surface area contributed by atoms with E-state index in [2.05, 4.69) is 15.5 Å². The smallest absolute Gasteiger partial charge is 0.251 e. The molecule has 1 aromatic carbocycles. The summed E-state index contributed by atoms with van der Waals surface area (Å²) < 4.78 is 29.4. The molecular formula is C18H19N3O4S. The molecule has 1 unspecified atom stereocenters. The van der Waals surface area contributed by atoms with Crippen LogP contribution in [0.2, 0.25) is 0 Å². The van der Waals surface area contributed by atoms with E-state index in [4.69, 9.17) is 4.52 Å². The lowest BCUT2D eigenvalue weighted by Crippen LogP contribution is -2.27. The Labute approximate surface area is 151 Å². The molecule has 4 rings (SSSR count). The molecule has 1 aliphatic carbocycles. The van der Waals surface area contributed by atoms with Crippen LogP contribution in [0.5, 0.6) is 0 Å². The molecule has 136 valence electrons. The minimum atomic E-state index is -3.25. The van der Waals surface area contributed by atoms with Crippen LogP contribution in [-0.2, 0) is 9.84 Å². The molecule has 0 bridgehead atoms. The predicted molar refractivity (Wildman–Crippen MR) is 95.0 cm³/mol. The maximum absolute atomic E-state index is 12.5. The van der Waals surface area contributed by atoms with Crippen molar-refractivity contribution in [3.05, 3.63) is 53.2 Å². The van der Waals surface area contributed by atoms with Crippen molar-refractivity contribution in [3.63, 3.8) is 0 Å². The number of rotatable bonds is 5. The van der Waals surface area contributed by atoms with Crippen molar-refractivity contribution < 1.29 is 17.7 Å². The summed E-state index contributed by atoms with van der Waals surface area (Å²) in [5, 5.41) is 6.77. The Kier molecular flexibility index (Phi) is 4.14. The first kappa shape index (κ1) is 17.0. The highest BCUT2D eigenvalue weighted by Gasteiger charge is 2.30. The Morgan fingerprint density at radius 1 is 1.35 bits per heavy atom. The van der Waals surface area contributed by atoms with Gasteiger partial charge in [-0.2, -0.15) is 4.98 Å². The van der Waals surface area contributed by atoms with Crippen LogP contribution in [0.1, 0.15) is 65.8 Å². The van der Waals surface area contributed by atoms with E-state index in [0.29, 0.717) is 40.1 Å². The predicted octanol–water partition coefficient (Wildman–Crippen LogP) is 2.60. The molecule has 1 N–H and O–H groups in total. The topological polar surface area (TPSA) is 102 Å². The molecule has 0 saturated heterocycles. The van der Waals surface area contributed by atoms with Crippen LogP contribution in [0.25, 0.3) is 4.91 Å². The Balaban J connectivity index is 1.50. The van der Waals surface area contributed by atoms with Gasteiger partial charge in [-0.15, -0.1) is 0 Å². The summed E-state index contributed by atoms with van der Waals surface area (Å²) in [6.45, 7) is 1.77. The molecule has 26 heavy (non-hydrogen) atoms. The van der Waals surface area contributed by atoms with E-state index < -0.39 is 15.9 Å². The van der Waals surface area contributed by atoms with Crippen molar-refractivity contribution in [1.29, 1.82) is 0 Å². The lowest BCUT2D eigenvalue weighted by molar-refractivity contribution is 0.0932. The summed E-state index contributed by atoms with van der Waals surface area (Å²) >= 11 is 0. The first-order chi connectivity index (χ1) is 12.4. The van der Waals surface area contributed by atoms with Gasteiger partial charge in [-0.1, -0.05) is 23.4 Å². The molecule has 2 aliphatic rings. The van der Waals surface area contributed by atoms with Gasteiger partial charge in [0.05, 0.1) is 10.7 Å². The first-order valence-corrected chi connectivity index (χ1v) is 10.3. The fourth-order valence-electron chi connectivity index (χ4n) is 2.97. The molecule has 1 aromatic heterocycles. The Bertz CT molecular complexity index is 989. The number of carbonyl (C=O) groups excluding carboxylic acids is 1. The molecule has 8 heteroatoms. The van der Waals surface area contributed by atoms with Gasteiger partial charge >= 0.3 is 0 Å². The number of hydrogen-bond donors (Lipinski definition) is 1. The van der Waals surface area contributed by atoms with Crippen molar-refractivity contribution in [2.24, 2.45) is 0 Å². The van der Waals surface area contributed by atoms with Gasteiger partial charge in [-0.25, -0.2) is 8.42 Å². The average Bonchev–Trinajstić information content (AvgIpc) is 3.23. The Morgan fingerprint density at radius 3 is 2.85 bits per heavy atom. The standard InChI is InChI=1S/C18H19N3O4S/c1-11(18-20-16(21-25-18)12-7-8-12)19-17(22)14-5-2-4-13(10-14)15-6-3-9-26(15,23)24/h2,4-6,10-12H,3,7-9H2,1H3,(H,19,22). The third kappa shape index (κ3) is 3.29. The average molecular weight is 373 g/mol. The number of hydrogen-bond acceptors (Lipinski definition) is 6. The molecular weight excluding hydrogens is 354 g/mol. The zero-order chi connectivity index (χ0) is 18.3. The maximum Gasteiger partial charge on any atom is 0.251 e. The monoisotopic (exact) mass is 373 g/mol. The van der Waals surface area contributed by atoms with E-state index in [0.717, 1.165) is 12.8 Å². The summed E-state index contributed by atoms with van der Waals surface area (Å²) in [6.07, 6.45) is 4.36. The molecule has 2 aromatic rings. The van der Waals surface area contributed by atoms with Gasteiger partial charge in [0.25, 0.3) is 5.91 Å². The molecule has 2 heterocycles. The van der Waals surface area contributed by atoms with Gasteiger partial charge in [0.2, 0.25) is 5.89 Å². The van der Waals surface area contributed by atoms with Gasteiger partial charge in [0, 0.05) is 11.5 Å². The van der Waals surface area contributed by atoms with Crippen molar-refractivity contribution in [2.45, 2.75) is 38.1 Å². The van der Waals surface area contributed by atoms with Crippen LogP contribution in [0, 0.1) is 0 Å². The van der Waals surface area contributed by atoms with Crippen LogP contribution in [-0.4, -0.2) is 30.2 Å². The molecule has 7 nitrogen and oxygen atoms in total. The van der Waals surface area contributed by atoms with Crippen molar-refractivity contribution in [2.75, 3.05) is 5.75 Å². The summed E-state index contributed by atoms with van der Waals surface area (Å²) in [7, 11) is -3.25. The molecule has 0 radical (unpaired) electrons. The SMILES string of the molecule is CC(NC(=O)c1cccc(C2=CCCS2(=O)=O)c1)c1nc(C2CC2)no1. The highest BCUT2D eigenvalue weighted by molar-refractivity contribution is 8.00. The fraction of sp³-hybridized carbons (Fsp3) is 0.389. The number of sulfone groups is 1. The molecule has 1 amide bonds. The number of allylic oxidation sites excluding steroid dienone is 1. The van der Waals surface area contributed by atoms with Crippen molar-refractivity contribution in [3.8, 4) is 0 Å². The van der Waals surface area contributed by atoms with Crippen molar-refractivity contribution >= 4 is 20.6 Å². The van der Waals surface area contributed by atoms with Gasteiger partial charge in [-0.3, -0.25) is 4.79 Å². The largest absolute Gasteiger partial charge is 0.341 e. The minimum absolute atomic E-state index is 0.121. The molecule has 0 spiro atoms.